The van der Waals surface area contributed by atoms with E-state index in [-0.39, 0.29) is 24.5 Å². The smallest absolute Gasteiger partial charge is 0.276 e. The SMILES string of the molecule is COc1ccc(C(=O)N2CCN(C(=O)c3nnn4c3CO[C@@H](c3ccc(Cl)cc3)C4)CC2)c(C)c1. The van der Waals surface area contributed by atoms with E-state index < -0.39 is 0 Å². The third kappa shape index (κ3) is 4.61. The van der Waals surface area contributed by atoms with E-state index in [4.69, 9.17) is 21.1 Å². The number of benzene rings is 2. The first-order valence-electron chi connectivity index (χ1n) is 11.5. The summed E-state index contributed by atoms with van der Waals surface area (Å²) in [6.07, 6.45) is -0.180. The van der Waals surface area contributed by atoms with E-state index in [1.165, 1.54) is 0 Å². The average molecular weight is 496 g/mol. The lowest BCUT2D eigenvalue weighted by Crippen LogP contribution is -2.51. The number of piperazine rings is 1. The van der Waals surface area contributed by atoms with Crippen LogP contribution in [0, 0.1) is 6.92 Å². The van der Waals surface area contributed by atoms with Gasteiger partial charge in [0, 0.05) is 36.8 Å². The molecule has 35 heavy (non-hydrogen) atoms. The summed E-state index contributed by atoms with van der Waals surface area (Å²) in [4.78, 5) is 29.7. The molecular formula is C25H26ClN5O4. The minimum absolute atomic E-state index is 0.0417. The fourth-order valence-electron chi connectivity index (χ4n) is 4.49. The number of fused-ring (bicyclic) bond motifs is 1. The zero-order valence-corrected chi connectivity index (χ0v) is 20.4. The lowest BCUT2D eigenvalue weighted by molar-refractivity contribution is -0.00202. The predicted molar refractivity (Wildman–Crippen MR) is 129 cm³/mol. The number of hydrogen-bond acceptors (Lipinski definition) is 6. The topological polar surface area (TPSA) is 89.8 Å². The highest BCUT2D eigenvalue weighted by atomic mass is 35.5. The van der Waals surface area contributed by atoms with E-state index in [2.05, 4.69) is 10.3 Å². The van der Waals surface area contributed by atoms with Gasteiger partial charge in [0.1, 0.15) is 11.9 Å². The van der Waals surface area contributed by atoms with Gasteiger partial charge in [0.2, 0.25) is 0 Å². The first-order chi connectivity index (χ1) is 16.9. The molecule has 0 N–H and O–H groups in total. The van der Waals surface area contributed by atoms with Gasteiger partial charge < -0.3 is 19.3 Å². The number of methoxy groups -OCH3 is 1. The number of ether oxygens (including phenoxy) is 2. The molecule has 0 unspecified atom stereocenters. The summed E-state index contributed by atoms with van der Waals surface area (Å²) < 4.78 is 13.0. The van der Waals surface area contributed by atoms with Crippen LogP contribution in [0.4, 0.5) is 0 Å². The van der Waals surface area contributed by atoms with Crippen molar-refractivity contribution in [2.24, 2.45) is 0 Å². The Balaban J connectivity index is 1.22. The molecule has 182 valence electrons. The predicted octanol–water partition coefficient (Wildman–Crippen LogP) is 3.12. The van der Waals surface area contributed by atoms with E-state index in [9.17, 15) is 9.59 Å². The third-order valence-corrected chi connectivity index (χ3v) is 6.81. The molecule has 1 fully saturated rings. The summed E-state index contributed by atoms with van der Waals surface area (Å²) in [5.74, 6) is 0.488. The second kappa shape index (κ2) is 9.67. The molecule has 0 radical (unpaired) electrons. The third-order valence-electron chi connectivity index (χ3n) is 6.56. The van der Waals surface area contributed by atoms with Gasteiger partial charge in [-0.3, -0.25) is 9.59 Å². The quantitative estimate of drug-likeness (QED) is 0.552. The Morgan fingerprint density at radius 1 is 1.03 bits per heavy atom. The normalized spacial score (nSPS) is 17.7. The van der Waals surface area contributed by atoms with Gasteiger partial charge >= 0.3 is 0 Å². The van der Waals surface area contributed by atoms with Gasteiger partial charge in [-0.05, 0) is 48.4 Å². The van der Waals surface area contributed by atoms with Crippen LogP contribution in [0.3, 0.4) is 0 Å². The molecule has 10 heteroatoms. The number of hydrogen-bond donors (Lipinski definition) is 0. The largest absolute Gasteiger partial charge is 0.497 e. The minimum atomic E-state index is -0.187. The van der Waals surface area contributed by atoms with Crippen LogP contribution in [-0.2, 0) is 17.9 Å². The van der Waals surface area contributed by atoms with E-state index in [1.807, 2.05) is 37.3 Å². The van der Waals surface area contributed by atoms with Crippen molar-refractivity contribution in [2.45, 2.75) is 26.2 Å². The molecule has 0 aliphatic carbocycles. The summed E-state index contributed by atoms with van der Waals surface area (Å²) in [5.41, 5.74) is 3.49. The Labute approximate surface area is 208 Å². The van der Waals surface area contributed by atoms with Gasteiger partial charge in [-0.15, -0.1) is 5.10 Å². The molecule has 0 bridgehead atoms. The number of aryl methyl sites for hydroxylation is 1. The second-order valence-electron chi connectivity index (χ2n) is 8.68. The van der Waals surface area contributed by atoms with Crippen LogP contribution in [0.15, 0.2) is 42.5 Å². The minimum Gasteiger partial charge on any atom is -0.497 e. The van der Waals surface area contributed by atoms with Gasteiger partial charge in [0.15, 0.2) is 5.69 Å². The van der Waals surface area contributed by atoms with Crippen LogP contribution in [0.5, 0.6) is 5.75 Å². The molecule has 1 aromatic heterocycles. The summed E-state index contributed by atoms with van der Waals surface area (Å²) in [6.45, 7) is 4.38. The zero-order valence-electron chi connectivity index (χ0n) is 19.6. The van der Waals surface area contributed by atoms with Crippen molar-refractivity contribution < 1.29 is 19.1 Å². The number of carbonyl (C=O) groups is 2. The van der Waals surface area contributed by atoms with Crippen LogP contribution in [0.2, 0.25) is 5.02 Å². The highest BCUT2D eigenvalue weighted by Gasteiger charge is 2.32. The molecule has 2 amide bonds. The maximum absolute atomic E-state index is 13.2. The molecule has 0 saturated carbocycles. The first kappa shape index (κ1) is 23.3. The Kier molecular flexibility index (Phi) is 6.44. The lowest BCUT2D eigenvalue weighted by atomic mass is 10.1. The van der Waals surface area contributed by atoms with E-state index in [0.29, 0.717) is 54.7 Å². The van der Waals surface area contributed by atoms with Crippen molar-refractivity contribution in [1.82, 2.24) is 24.8 Å². The number of aromatic nitrogens is 3. The monoisotopic (exact) mass is 495 g/mol. The van der Waals surface area contributed by atoms with Gasteiger partial charge in [-0.1, -0.05) is 28.9 Å². The number of rotatable bonds is 4. The Bertz CT molecular complexity index is 1250. The van der Waals surface area contributed by atoms with E-state index in [1.54, 1.807) is 33.7 Å². The van der Waals surface area contributed by atoms with Crippen LogP contribution in [-0.4, -0.2) is 69.9 Å². The molecular weight excluding hydrogens is 470 g/mol. The number of nitrogens with zero attached hydrogens (tertiary/aromatic N) is 5. The Morgan fingerprint density at radius 2 is 1.71 bits per heavy atom. The van der Waals surface area contributed by atoms with E-state index in [0.717, 1.165) is 16.9 Å². The van der Waals surface area contributed by atoms with Gasteiger partial charge in [0.05, 0.1) is 26.0 Å². The fraction of sp³-hybridized carbons (Fsp3) is 0.360. The summed E-state index contributed by atoms with van der Waals surface area (Å²) in [6, 6.07) is 12.9. The van der Waals surface area contributed by atoms with Crippen LogP contribution in [0.25, 0.3) is 0 Å². The number of amides is 2. The first-order valence-corrected chi connectivity index (χ1v) is 11.8. The van der Waals surface area contributed by atoms with Crippen LogP contribution >= 0.6 is 11.6 Å². The molecule has 5 rings (SSSR count). The summed E-state index contributed by atoms with van der Waals surface area (Å²) >= 11 is 5.98. The molecule has 9 nitrogen and oxygen atoms in total. The van der Waals surface area contributed by atoms with Gasteiger partial charge in [0.25, 0.3) is 11.8 Å². The summed E-state index contributed by atoms with van der Waals surface area (Å²) in [5, 5.41) is 9.05. The molecule has 2 aromatic carbocycles. The molecule has 2 aliphatic rings. The second-order valence-corrected chi connectivity index (χ2v) is 9.12. The highest BCUT2D eigenvalue weighted by Crippen LogP contribution is 2.28. The highest BCUT2D eigenvalue weighted by molar-refractivity contribution is 6.30. The Hall–Kier alpha value is -3.43. The lowest BCUT2D eigenvalue weighted by Gasteiger charge is -2.35. The van der Waals surface area contributed by atoms with Crippen molar-refractivity contribution in [2.75, 3.05) is 33.3 Å². The number of halogens is 1. The van der Waals surface area contributed by atoms with Crippen molar-refractivity contribution in [3.05, 3.63) is 75.6 Å². The van der Waals surface area contributed by atoms with Crippen molar-refractivity contribution in [1.29, 1.82) is 0 Å². The maximum atomic E-state index is 13.2. The standard InChI is InChI=1S/C25H26ClN5O4/c1-16-13-19(34-2)7-8-20(16)24(32)29-9-11-30(12-10-29)25(33)23-21-15-35-22(14-31(21)28-27-23)17-3-5-18(26)6-4-17/h3-8,13,22H,9-12,14-15H2,1-2H3/t22-/m1/s1. The van der Waals surface area contributed by atoms with Crippen molar-refractivity contribution in [3.63, 3.8) is 0 Å². The number of carbonyl (C=O) groups excluding carboxylic acids is 2. The summed E-state index contributed by atoms with van der Waals surface area (Å²) in [7, 11) is 1.60. The molecule has 3 heterocycles. The van der Waals surface area contributed by atoms with Crippen LogP contribution in [0.1, 0.15) is 43.8 Å². The van der Waals surface area contributed by atoms with Crippen LogP contribution < -0.4 is 4.74 Å². The van der Waals surface area contributed by atoms with Gasteiger partial charge in [-0.2, -0.15) is 0 Å². The van der Waals surface area contributed by atoms with Crippen molar-refractivity contribution >= 4 is 23.4 Å². The molecule has 2 aliphatic heterocycles. The molecule has 3 aromatic rings. The van der Waals surface area contributed by atoms with E-state index >= 15 is 0 Å². The molecule has 1 saturated heterocycles. The Morgan fingerprint density at radius 3 is 2.37 bits per heavy atom. The molecule has 0 spiro atoms. The fourth-order valence-corrected chi connectivity index (χ4v) is 4.62. The molecule has 1 atom stereocenters. The average Bonchev–Trinajstić information content (AvgIpc) is 3.31. The van der Waals surface area contributed by atoms with Gasteiger partial charge in [-0.25, -0.2) is 4.68 Å². The maximum Gasteiger partial charge on any atom is 0.276 e. The zero-order chi connectivity index (χ0) is 24.5. The van der Waals surface area contributed by atoms with Crippen molar-refractivity contribution in [3.8, 4) is 5.75 Å².